The number of hydrogen-bond donors (Lipinski definition) is 3. The zero-order valence-electron chi connectivity index (χ0n) is 17.1. The monoisotopic (exact) mass is 383 g/mol. The fourth-order valence-corrected chi connectivity index (χ4v) is 2.30. The van der Waals surface area contributed by atoms with E-state index in [2.05, 4.69) is 16.0 Å². The molecule has 0 unspecified atom stereocenters. The van der Waals surface area contributed by atoms with Gasteiger partial charge in [-0.05, 0) is 56.3 Å². The summed E-state index contributed by atoms with van der Waals surface area (Å²) < 4.78 is 5.58. The van der Waals surface area contributed by atoms with Crippen molar-refractivity contribution in [3.05, 3.63) is 48.5 Å². The lowest BCUT2D eigenvalue weighted by Crippen LogP contribution is -2.27. The molecule has 2 rings (SSSR count). The quantitative estimate of drug-likeness (QED) is 0.657. The summed E-state index contributed by atoms with van der Waals surface area (Å²) in [4.78, 5) is 24.3. The maximum atomic E-state index is 12.2. The zero-order chi connectivity index (χ0) is 20.7. The van der Waals surface area contributed by atoms with Crippen molar-refractivity contribution in [2.45, 2.75) is 40.7 Å². The number of rotatable bonds is 7. The molecule has 0 aliphatic carbocycles. The molecule has 0 aliphatic rings. The minimum atomic E-state index is -0.473. The molecule has 28 heavy (non-hydrogen) atoms. The lowest BCUT2D eigenvalue weighted by molar-refractivity contribution is -0.123. The number of benzene rings is 2. The van der Waals surface area contributed by atoms with E-state index < -0.39 is 5.41 Å². The van der Waals surface area contributed by atoms with E-state index in [-0.39, 0.29) is 24.5 Å². The average Bonchev–Trinajstić information content (AvgIpc) is 2.61. The molecule has 6 nitrogen and oxygen atoms in total. The van der Waals surface area contributed by atoms with Crippen LogP contribution in [-0.2, 0) is 9.59 Å². The van der Waals surface area contributed by atoms with Crippen LogP contribution in [0, 0.1) is 5.41 Å². The van der Waals surface area contributed by atoms with Gasteiger partial charge >= 0.3 is 0 Å². The molecule has 0 fully saturated rings. The summed E-state index contributed by atoms with van der Waals surface area (Å²) in [6.07, 6.45) is 0.105. The van der Waals surface area contributed by atoms with Crippen LogP contribution in [0.1, 0.15) is 34.6 Å². The number of nitrogens with one attached hydrogen (secondary N) is 3. The third kappa shape index (κ3) is 6.95. The maximum Gasteiger partial charge on any atom is 0.243 e. The van der Waals surface area contributed by atoms with Gasteiger partial charge in [0.25, 0.3) is 0 Å². The first kappa shape index (κ1) is 21.3. The van der Waals surface area contributed by atoms with Crippen molar-refractivity contribution in [2.24, 2.45) is 5.41 Å². The van der Waals surface area contributed by atoms with E-state index in [1.54, 1.807) is 18.2 Å². The standard InChI is InChI=1S/C22H29N3O3/c1-15(2)28-19-11-9-16(10-12-19)24-20(26)14-23-17-7-6-8-18(13-17)25-21(27)22(3,4)5/h6-13,15,23H,14H2,1-5H3,(H,24,26)(H,25,27). The Bertz CT molecular complexity index is 809. The van der Waals surface area contributed by atoms with Crippen LogP contribution in [0.5, 0.6) is 5.75 Å². The first-order valence-corrected chi connectivity index (χ1v) is 9.35. The summed E-state index contributed by atoms with van der Waals surface area (Å²) in [7, 11) is 0. The molecule has 0 aromatic heterocycles. The molecular weight excluding hydrogens is 354 g/mol. The number of carbonyl (C=O) groups is 2. The molecule has 0 saturated heterocycles. The summed E-state index contributed by atoms with van der Waals surface area (Å²) in [6.45, 7) is 9.61. The van der Waals surface area contributed by atoms with Gasteiger partial charge in [0.15, 0.2) is 0 Å². The zero-order valence-corrected chi connectivity index (χ0v) is 17.1. The second-order valence-electron chi connectivity index (χ2n) is 7.88. The van der Waals surface area contributed by atoms with E-state index in [4.69, 9.17) is 4.74 Å². The Labute approximate surface area is 166 Å². The van der Waals surface area contributed by atoms with Crippen molar-refractivity contribution in [3.8, 4) is 5.75 Å². The largest absolute Gasteiger partial charge is 0.491 e. The smallest absolute Gasteiger partial charge is 0.243 e. The summed E-state index contributed by atoms with van der Waals surface area (Å²) in [5.41, 5.74) is 1.67. The molecule has 2 aromatic carbocycles. The van der Waals surface area contributed by atoms with Crippen molar-refractivity contribution in [2.75, 3.05) is 22.5 Å². The molecule has 2 aromatic rings. The van der Waals surface area contributed by atoms with Gasteiger partial charge in [0, 0.05) is 22.5 Å². The predicted molar refractivity (Wildman–Crippen MR) is 114 cm³/mol. The Balaban J connectivity index is 1.87. The fourth-order valence-electron chi connectivity index (χ4n) is 2.30. The van der Waals surface area contributed by atoms with Gasteiger partial charge in [0.2, 0.25) is 11.8 Å². The van der Waals surface area contributed by atoms with Gasteiger partial charge in [-0.3, -0.25) is 9.59 Å². The van der Waals surface area contributed by atoms with E-state index >= 15 is 0 Å². The molecule has 3 N–H and O–H groups in total. The van der Waals surface area contributed by atoms with Crippen molar-refractivity contribution in [1.29, 1.82) is 0 Å². The van der Waals surface area contributed by atoms with Crippen molar-refractivity contribution in [3.63, 3.8) is 0 Å². The first-order chi connectivity index (χ1) is 13.1. The van der Waals surface area contributed by atoms with Crippen molar-refractivity contribution in [1.82, 2.24) is 0 Å². The van der Waals surface area contributed by atoms with Crippen LogP contribution in [0.2, 0.25) is 0 Å². The highest BCUT2D eigenvalue weighted by atomic mass is 16.5. The lowest BCUT2D eigenvalue weighted by atomic mass is 9.95. The molecule has 2 amide bonds. The van der Waals surface area contributed by atoms with Crippen molar-refractivity contribution < 1.29 is 14.3 Å². The molecule has 150 valence electrons. The minimum absolute atomic E-state index is 0.0627. The van der Waals surface area contributed by atoms with Crippen LogP contribution in [0.3, 0.4) is 0 Å². The molecular formula is C22H29N3O3. The van der Waals surface area contributed by atoms with Gasteiger partial charge in [-0.2, -0.15) is 0 Å². The number of amides is 2. The van der Waals surface area contributed by atoms with Gasteiger partial charge in [0.1, 0.15) is 5.75 Å². The summed E-state index contributed by atoms with van der Waals surface area (Å²) >= 11 is 0. The first-order valence-electron chi connectivity index (χ1n) is 9.35. The molecule has 0 atom stereocenters. The molecule has 0 spiro atoms. The number of anilines is 3. The number of hydrogen-bond acceptors (Lipinski definition) is 4. The Morgan fingerprint density at radius 1 is 0.929 bits per heavy atom. The van der Waals surface area contributed by atoms with Gasteiger partial charge in [-0.15, -0.1) is 0 Å². The normalized spacial score (nSPS) is 11.1. The molecule has 0 radical (unpaired) electrons. The van der Waals surface area contributed by atoms with E-state index in [1.807, 2.05) is 65.0 Å². The van der Waals surface area contributed by atoms with Gasteiger partial charge in [-0.1, -0.05) is 26.8 Å². The number of carbonyl (C=O) groups excluding carboxylic acids is 2. The topological polar surface area (TPSA) is 79.5 Å². The predicted octanol–water partition coefficient (Wildman–Crippen LogP) is 4.51. The van der Waals surface area contributed by atoms with E-state index in [1.165, 1.54) is 0 Å². The van der Waals surface area contributed by atoms with E-state index in [0.29, 0.717) is 11.4 Å². The molecule has 0 saturated carbocycles. The van der Waals surface area contributed by atoms with Crippen LogP contribution < -0.4 is 20.7 Å². The van der Waals surface area contributed by atoms with Crippen molar-refractivity contribution >= 4 is 28.9 Å². The van der Waals surface area contributed by atoms with Crippen LogP contribution in [0.4, 0.5) is 17.1 Å². The van der Waals surface area contributed by atoms with E-state index in [9.17, 15) is 9.59 Å². The van der Waals surface area contributed by atoms with Crippen LogP contribution in [-0.4, -0.2) is 24.5 Å². The Morgan fingerprint density at radius 3 is 2.18 bits per heavy atom. The summed E-state index contributed by atoms with van der Waals surface area (Å²) in [5.74, 6) is 0.536. The second kappa shape index (κ2) is 9.26. The third-order valence-corrected chi connectivity index (χ3v) is 3.76. The third-order valence-electron chi connectivity index (χ3n) is 3.76. The maximum absolute atomic E-state index is 12.2. The van der Waals surface area contributed by atoms with Gasteiger partial charge in [0.05, 0.1) is 12.6 Å². The lowest BCUT2D eigenvalue weighted by Gasteiger charge is -2.18. The molecule has 0 bridgehead atoms. The van der Waals surface area contributed by atoms with Gasteiger partial charge < -0.3 is 20.7 Å². The average molecular weight is 383 g/mol. The SMILES string of the molecule is CC(C)Oc1ccc(NC(=O)CNc2cccc(NC(=O)C(C)(C)C)c2)cc1. The molecule has 0 heterocycles. The van der Waals surface area contributed by atoms with Crippen LogP contribution >= 0.6 is 0 Å². The highest BCUT2D eigenvalue weighted by Gasteiger charge is 2.21. The molecule has 6 heteroatoms. The highest BCUT2D eigenvalue weighted by Crippen LogP contribution is 2.20. The second-order valence-corrected chi connectivity index (χ2v) is 7.88. The fraction of sp³-hybridized carbons (Fsp3) is 0.364. The Hall–Kier alpha value is -3.02. The highest BCUT2D eigenvalue weighted by molar-refractivity contribution is 5.95. The number of ether oxygens (including phenoxy) is 1. The minimum Gasteiger partial charge on any atom is -0.491 e. The van der Waals surface area contributed by atoms with Crippen LogP contribution in [0.15, 0.2) is 48.5 Å². The Kier molecular flexibility index (Phi) is 7.04. The summed E-state index contributed by atoms with van der Waals surface area (Å²) in [6, 6.07) is 14.5. The van der Waals surface area contributed by atoms with Crippen LogP contribution in [0.25, 0.3) is 0 Å². The Morgan fingerprint density at radius 2 is 1.57 bits per heavy atom. The van der Waals surface area contributed by atoms with Gasteiger partial charge in [-0.25, -0.2) is 0 Å². The molecule has 0 aliphatic heterocycles. The van der Waals surface area contributed by atoms with E-state index in [0.717, 1.165) is 11.4 Å². The summed E-state index contributed by atoms with van der Waals surface area (Å²) in [5, 5.41) is 8.78.